The highest BCUT2D eigenvalue weighted by atomic mass is 16.6. The molecule has 0 aliphatic heterocycles. The third-order valence-corrected chi connectivity index (χ3v) is 11.0. The largest absolute Gasteiger partial charge is 0.462 e. The maximum atomic E-state index is 12.8. The summed E-state index contributed by atoms with van der Waals surface area (Å²) in [5, 5.41) is 0. The van der Waals surface area contributed by atoms with Crippen molar-refractivity contribution in [2.24, 2.45) is 0 Å². The van der Waals surface area contributed by atoms with Crippen LogP contribution in [-0.2, 0) is 28.6 Å². The van der Waals surface area contributed by atoms with Crippen LogP contribution in [0.2, 0.25) is 0 Å². The van der Waals surface area contributed by atoms with E-state index in [-0.39, 0.29) is 44.0 Å². The molecule has 0 radical (unpaired) electrons. The number of ether oxygens (including phenoxy) is 3. The molecule has 0 heterocycles. The fourth-order valence-electron chi connectivity index (χ4n) is 6.95. The Morgan fingerprint density at radius 1 is 0.308 bits per heavy atom. The van der Waals surface area contributed by atoms with Crippen molar-refractivity contribution in [1.82, 2.24) is 0 Å². The van der Waals surface area contributed by atoms with E-state index in [1.165, 1.54) is 96.3 Å². The lowest BCUT2D eigenvalue weighted by molar-refractivity contribution is -0.167. The molecule has 0 aliphatic carbocycles. The second-order valence-electron chi connectivity index (χ2n) is 17.4. The zero-order chi connectivity index (χ0) is 47.2. The van der Waals surface area contributed by atoms with E-state index in [0.29, 0.717) is 19.3 Å². The van der Waals surface area contributed by atoms with Crippen LogP contribution in [0.5, 0.6) is 0 Å². The van der Waals surface area contributed by atoms with Gasteiger partial charge in [-0.25, -0.2) is 0 Å². The summed E-state index contributed by atoms with van der Waals surface area (Å²) in [6, 6.07) is 0. The fraction of sp³-hybridized carbons (Fsp3) is 0.678. The zero-order valence-corrected chi connectivity index (χ0v) is 42.2. The quantitative estimate of drug-likeness (QED) is 0.0262. The zero-order valence-electron chi connectivity index (χ0n) is 42.2. The lowest BCUT2D eigenvalue weighted by atomic mass is 10.1. The standard InChI is InChI=1S/C59H98O6/c1-4-7-10-13-16-19-22-24-26-28-29-31-33-35-38-41-44-47-50-53-59(62)65-56(54-63-57(60)51-48-45-42-39-36-21-18-15-12-9-6-3)55-64-58(61)52-49-46-43-40-37-34-32-30-27-25-23-20-17-14-11-8-5-2/h15-16,18-19,24-27,29,31-32,34-35,38,40,43,56H,4-14,17,20-23,28,30,33,36-37,39,41-42,44-55H2,1-3H3/b18-15-,19-16-,26-24-,27-25-,31-29-,34-32-,38-35-,43-40-/t56-/m0/s1. The molecule has 0 bridgehead atoms. The van der Waals surface area contributed by atoms with Crippen molar-refractivity contribution >= 4 is 17.9 Å². The van der Waals surface area contributed by atoms with Gasteiger partial charge in [-0.15, -0.1) is 0 Å². The van der Waals surface area contributed by atoms with Crippen LogP contribution >= 0.6 is 0 Å². The summed E-state index contributed by atoms with van der Waals surface area (Å²) in [5.74, 6) is -1.01. The lowest BCUT2D eigenvalue weighted by Gasteiger charge is -2.18. The van der Waals surface area contributed by atoms with Crippen molar-refractivity contribution in [2.45, 2.75) is 245 Å². The molecular weight excluding hydrogens is 805 g/mol. The summed E-state index contributed by atoms with van der Waals surface area (Å²) < 4.78 is 16.7. The maximum Gasteiger partial charge on any atom is 0.306 e. The minimum Gasteiger partial charge on any atom is -0.462 e. The van der Waals surface area contributed by atoms with Gasteiger partial charge in [0, 0.05) is 19.3 Å². The van der Waals surface area contributed by atoms with Gasteiger partial charge in [0.25, 0.3) is 0 Å². The minimum atomic E-state index is -0.818. The van der Waals surface area contributed by atoms with Gasteiger partial charge in [-0.2, -0.15) is 0 Å². The fourth-order valence-corrected chi connectivity index (χ4v) is 6.95. The molecule has 0 aromatic rings. The molecule has 0 amide bonds. The van der Waals surface area contributed by atoms with Crippen molar-refractivity contribution < 1.29 is 28.6 Å². The smallest absolute Gasteiger partial charge is 0.306 e. The van der Waals surface area contributed by atoms with E-state index >= 15 is 0 Å². The monoisotopic (exact) mass is 903 g/mol. The van der Waals surface area contributed by atoms with Gasteiger partial charge in [0.2, 0.25) is 0 Å². The number of esters is 3. The highest BCUT2D eigenvalue weighted by Gasteiger charge is 2.19. The summed E-state index contributed by atoms with van der Waals surface area (Å²) >= 11 is 0. The molecule has 0 aromatic heterocycles. The van der Waals surface area contributed by atoms with Gasteiger partial charge in [-0.05, 0) is 116 Å². The predicted molar refractivity (Wildman–Crippen MR) is 279 cm³/mol. The van der Waals surface area contributed by atoms with E-state index in [1.54, 1.807) is 0 Å². The molecule has 0 spiro atoms. The molecule has 0 fully saturated rings. The Bertz CT molecular complexity index is 1310. The molecule has 0 rings (SSSR count). The number of hydrogen-bond acceptors (Lipinski definition) is 6. The highest BCUT2D eigenvalue weighted by molar-refractivity contribution is 5.71. The lowest BCUT2D eigenvalue weighted by Crippen LogP contribution is -2.30. The molecule has 0 N–H and O–H groups in total. The molecule has 0 aliphatic rings. The van der Waals surface area contributed by atoms with Crippen LogP contribution in [0.4, 0.5) is 0 Å². The topological polar surface area (TPSA) is 78.9 Å². The maximum absolute atomic E-state index is 12.8. The Labute approximate surface area is 400 Å². The molecule has 0 saturated carbocycles. The van der Waals surface area contributed by atoms with Crippen LogP contribution in [-0.4, -0.2) is 37.2 Å². The SMILES string of the molecule is CCCC/C=C\CCCCCCCC(=O)OC[C@@H](COC(=O)CCC/C=C\C/C=C\C/C=C\CCCCCCCC)OC(=O)CCCCC/C=C\C/C=C\C/C=C\C/C=C\CCCCC. The Balaban J connectivity index is 4.52. The second kappa shape index (κ2) is 52.9. The molecule has 0 aromatic carbocycles. The summed E-state index contributed by atoms with van der Waals surface area (Å²) in [7, 11) is 0. The first-order chi connectivity index (χ1) is 32.0. The average Bonchev–Trinajstić information content (AvgIpc) is 3.30. The highest BCUT2D eigenvalue weighted by Crippen LogP contribution is 2.12. The van der Waals surface area contributed by atoms with Crippen LogP contribution in [0.15, 0.2) is 97.2 Å². The van der Waals surface area contributed by atoms with E-state index < -0.39 is 6.10 Å². The third-order valence-electron chi connectivity index (χ3n) is 11.0. The van der Waals surface area contributed by atoms with Gasteiger partial charge >= 0.3 is 17.9 Å². The van der Waals surface area contributed by atoms with E-state index in [0.717, 1.165) is 89.9 Å². The van der Waals surface area contributed by atoms with Crippen LogP contribution in [0.25, 0.3) is 0 Å². The minimum absolute atomic E-state index is 0.112. The summed E-state index contributed by atoms with van der Waals surface area (Å²) in [4.78, 5) is 38.0. The molecule has 0 unspecified atom stereocenters. The molecule has 6 heteroatoms. The van der Waals surface area contributed by atoms with Gasteiger partial charge in [-0.1, -0.05) is 201 Å². The van der Waals surface area contributed by atoms with Crippen molar-refractivity contribution in [3.8, 4) is 0 Å². The van der Waals surface area contributed by atoms with E-state index in [2.05, 4.69) is 118 Å². The predicted octanol–water partition coefficient (Wildman–Crippen LogP) is 17.8. The van der Waals surface area contributed by atoms with Gasteiger partial charge in [-0.3, -0.25) is 14.4 Å². The van der Waals surface area contributed by atoms with Crippen molar-refractivity contribution in [3.05, 3.63) is 97.2 Å². The average molecular weight is 903 g/mol. The van der Waals surface area contributed by atoms with Gasteiger partial charge in [0.05, 0.1) is 0 Å². The first-order valence-corrected chi connectivity index (χ1v) is 26.7. The van der Waals surface area contributed by atoms with Gasteiger partial charge in [0.1, 0.15) is 13.2 Å². The number of hydrogen-bond donors (Lipinski definition) is 0. The third kappa shape index (κ3) is 51.2. The number of unbranched alkanes of at least 4 members (excludes halogenated alkanes) is 20. The van der Waals surface area contributed by atoms with Crippen LogP contribution in [0.1, 0.15) is 239 Å². The number of allylic oxidation sites excluding steroid dienone is 16. The first-order valence-electron chi connectivity index (χ1n) is 26.7. The summed E-state index contributed by atoms with van der Waals surface area (Å²) in [6.45, 7) is 6.48. The van der Waals surface area contributed by atoms with Crippen molar-refractivity contribution in [1.29, 1.82) is 0 Å². The molecule has 6 nitrogen and oxygen atoms in total. The summed E-state index contributed by atoms with van der Waals surface area (Å²) in [6.07, 6.45) is 69.7. The van der Waals surface area contributed by atoms with Gasteiger partial charge < -0.3 is 14.2 Å². The Hall–Kier alpha value is -3.67. The van der Waals surface area contributed by atoms with Gasteiger partial charge in [0.15, 0.2) is 6.10 Å². The molecule has 65 heavy (non-hydrogen) atoms. The number of carbonyl (C=O) groups is 3. The normalized spacial score (nSPS) is 12.8. The molecule has 1 atom stereocenters. The first kappa shape index (κ1) is 61.3. The van der Waals surface area contributed by atoms with Crippen molar-refractivity contribution in [2.75, 3.05) is 13.2 Å². The second-order valence-corrected chi connectivity index (χ2v) is 17.4. The van der Waals surface area contributed by atoms with Crippen molar-refractivity contribution in [3.63, 3.8) is 0 Å². The number of carbonyl (C=O) groups excluding carboxylic acids is 3. The van der Waals surface area contributed by atoms with Crippen LogP contribution in [0, 0.1) is 0 Å². The summed E-state index contributed by atoms with van der Waals surface area (Å²) in [5.41, 5.74) is 0. The Morgan fingerprint density at radius 2 is 0.585 bits per heavy atom. The Kier molecular flexibility index (Phi) is 50.0. The molecule has 0 saturated heterocycles. The molecule has 370 valence electrons. The van der Waals surface area contributed by atoms with E-state index in [4.69, 9.17) is 14.2 Å². The van der Waals surface area contributed by atoms with Crippen LogP contribution < -0.4 is 0 Å². The van der Waals surface area contributed by atoms with E-state index in [1.807, 2.05) is 0 Å². The Morgan fingerprint density at radius 3 is 1.03 bits per heavy atom. The van der Waals surface area contributed by atoms with E-state index in [9.17, 15) is 14.4 Å². The number of rotatable bonds is 47. The van der Waals surface area contributed by atoms with Crippen LogP contribution in [0.3, 0.4) is 0 Å². The molecular formula is C59H98O6.